The lowest BCUT2D eigenvalue weighted by Gasteiger charge is -2.34. The number of piperidine rings is 1. The van der Waals surface area contributed by atoms with E-state index in [1.807, 2.05) is 43.3 Å². The normalized spacial score (nSPS) is 18.0. The van der Waals surface area contributed by atoms with Crippen LogP contribution >= 0.6 is 0 Å². The van der Waals surface area contributed by atoms with Crippen molar-refractivity contribution in [2.45, 2.75) is 31.7 Å². The van der Waals surface area contributed by atoms with Crippen LogP contribution in [0.4, 0.5) is 0 Å². The Balaban J connectivity index is 1.39. The molecular formula is C25H30N4O4S. The lowest BCUT2D eigenvalue weighted by Crippen LogP contribution is -2.50. The first-order valence-electron chi connectivity index (χ1n) is 11.4. The highest BCUT2D eigenvalue weighted by atomic mass is 32.2. The van der Waals surface area contributed by atoms with E-state index in [1.54, 1.807) is 26.2 Å². The molecule has 0 atom stereocenters. The second-order valence-corrected chi connectivity index (χ2v) is 11.2. The highest BCUT2D eigenvalue weighted by Gasteiger charge is 2.47. The molecule has 8 nitrogen and oxygen atoms in total. The van der Waals surface area contributed by atoms with Gasteiger partial charge in [0.1, 0.15) is 11.4 Å². The molecule has 1 N–H and O–H groups in total. The van der Waals surface area contributed by atoms with Crippen LogP contribution < -0.4 is 5.32 Å². The van der Waals surface area contributed by atoms with E-state index in [-0.39, 0.29) is 30.7 Å². The lowest BCUT2D eigenvalue weighted by atomic mass is 9.89. The molecule has 180 valence electrons. The standard InChI is InChI=1S/C25H30N4O4S/c1-18-17-21(23(30)28(2)3)10-9-19(18)11-16-34(32,33)29-14-12-25(13-15-29)24(31)26-22(27-25)20-7-5-4-6-8-20/h4-10,17H,11-16H2,1-3H3,(H,26,27,31). The predicted molar refractivity (Wildman–Crippen MR) is 131 cm³/mol. The molecule has 0 aliphatic carbocycles. The number of amides is 2. The third-order valence-electron chi connectivity index (χ3n) is 6.60. The van der Waals surface area contributed by atoms with Crippen LogP contribution in [0.25, 0.3) is 0 Å². The van der Waals surface area contributed by atoms with Crippen molar-refractivity contribution < 1.29 is 18.0 Å². The van der Waals surface area contributed by atoms with Crippen LogP contribution in [0.2, 0.25) is 0 Å². The maximum atomic E-state index is 13.0. The molecule has 4 rings (SSSR count). The van der Waals surface area contributed by atoms with Crippen molar-refractivity contribution >= 4 is 27.7 Å². The molecule has 0 saturated carbocycles. The van der Waals surface area contributed by atoms with Gasteiger partial charge in [0.15, 0.2) is 0 Å². The summed E-state index contributed by atoms with van der Waals surface area (Å²) in [6.45, 7) is 2.41. The first kappa shape index (κ1) is 24.1. The molecule has 1 fully saturated rings. The van der Waals surface area contributed by atoms with Gasteiger partial charge < -0.3 is 10.2 Å². The van der Waals surface area contributed by atoms with Crippen LogP contribution in [0.1, 0.15) is 39.9 Å². The lowest BCUT2D eigenvalue weighted by molar-refractivity contribution is -0.124. The number of nitrogens with zero attached hydrogens (tertiary/aromatic N) is 3. The molecule has 1 spiro atoms. The van der Waals surface area contributed by atoms with Gasteiger partial charge in [-0.15, -0.1) is 0 Å². The molecule has 0 aromatic heterocycles. The predicted octanol–water partition coefficient (Wildman–Crippen LogP) is 1.98. The highest BCUT2D eigenvalue weighted by Crippen LogP contribution is 2.32. The zero-order chi connectivity index (χ0) is 24.5. The van der Waals surface area contributed by atoms with Crippen molar-refractivity contribution in [2.24, 2.45) is 4.99 Å². The quantitative estimate of drug-likeness (QED) is 0.681. The molecule has 2 aliphatic rings. The molecule has 2 aliphatic heterocycles. The van der Waals surface area contributed by atoms with Crippen molar-refractivity contribution in [2.75, 3.05) is 32.9 Å². The fourth-order valence-electron chi connectivity index (χ4n) is 4.46. The van der Waals surface area contributed by atoms with E-state index in [0.717, 1.165) is 16.7 Å². The van der Waals surface area contributed by atoms with Crippen LogP contribution in [0.15, 0.2) is 53.5 Å². The van der Waals surface area contributed by atoms with Crippen molar-refractivity contribution in [1.29, 1.82) is 0 Å². The van der Waals surface area contributed by atoms with E-state index in [9.17, 15) is 18.0 Å². The smallest absolute Gasteiger partial charge is 0.253 e. The third kappa shape index (κ3) is 4.76. The summed E-state index contributed by atoms with van der Waals surface area (Å²) >= 11 is 0. The largest absolute Gasteiger partial charge is 0.345 e. The van der Waals surface area contributed by atoms with Gasteiger partial charge in [0.05, 0.1) is 5.75 Å². The van der Waals surface area contributed by atoms with Gasteiger partial charge in [-0.25, -0.2) is 12.7 Å². The Kier molecular flexibility index (Phi) is 6.60. The van der Waals surface area contributed by atoms with Gasteiger partial charge in [-0.1, -0.05) is 36.4 Å². The number of amidine groups is 1. The second kappa shape index (κ2) is 9.31. The van der Waals surface area contributed by atoms with Crippen molar-refractivity contribution in [3.05, 3.63) is 70.8 Å². The van der Waals surface area contributed by atoms with Gasteiger partial charge in [-0.2, -0.15) is 0 Å². The molecule has 34 heavy (non-hydrogen) atoms. The van der Waals surface area contributed by atoms with Crippen LogP contribution in [-0.4, -0.2) is 73.7 Å². The summed E-state index contributed by atoms with van der Waals surface area (Å²) in [6.07, 6.45) is 1.08. The van der Waals surface area contributed by atoms with Crippen LogP contribution in [0.3, 0.4) is 0 Å². The Bertz CT molecular complexity index is 1230. The van der Waals surface area contributed by atoms with Gasteiger partial charge in [-0.05, 0) is 49.4 Å². The maximum absolute atomic E-state index is 13.0. The topological polar surface area (TPSA) is 99.2 Å². The summed E-state index contributed by atoms with van der Waals surface area (Å²) in [4.78, 5) is 31.1. The molecular weight excluding hydrogens is 452 g/mol. The fraction of sp³-hybridized carbons (Fsp3) is 0.400. The molecule has 0 radical (unpaired) electrons. The van der Waals surface area contributed by atoms with Gasteiger partial charge >= 0.3 is 0 Å². The number of sulfonamides is 1. The molecule has 2 amide bonds. The minimum atomic E-state index is -3.49. The second-order valence-electron chi connectivity index (χ2n) is 9.12. The van der Waals surface area contributed by atoms with Gasteiger partial charge in [0, 0.05) is 38.3 Å². The summed E-state index contributed by atoms with van der Waals surface area (Å²) in [7, 11) is -0.0930. The average molecular weight is 483 g/mol. The van der Waals surface area contributed by atoms with Gasteiger partial charge in [0.25, 0.3) is 11.8 Å². The number of rotatable bonds is 6. The summed E-state index contributed by atoms with van der Waals surface area (Å²) in [5.74, 6) is 0.283. The summed E-state index contributed by atoms with van der Waals surface area (Å²) in [5.41, 5.74) is 2.32. The van der Waals surface area contributed by atoms with Crippen molar-refractivity contribution in [1.82, 2.24) is 14.5 Å². The van der Waals surface area contributed by atoms with Gasteiger partial charge in [-0.3, -0.25) is 14.6 Å². The first-order valence-corrected chi connectivity index (χ1v) is 13.0. The Morgan fingerprint density at radius 2 is 1.79 bits per heavy atom. The molecule has 0 bridgehead atoms. The number of hydrogen-bond donors (Lipinski definition) is 1. The molecule has 0 unspecified atom stereocenters. The Labute approximate surface area is 200 Å². The minimum absolute atomic E-state index is 0.0213. The molecule has 2 aromatic rings. The van der Waals surface area contributed by atoms with Crippen LogP contribution in [-0.2, 0) is 21.2 Å². The number of benzene rings is 2. The zero-order valence-electron chi connectivity index (χ0n) is 19.7. The number of aryl methyl sites for hydroxylation is 2. The van der Waals surface area contributed by atoms with Crippen molar-refractivity contribution in [3.63, 3.8) is 0 Å². The molecule has 2 aromatic carbocycles. The zero-order valence-corrected chi connectivity index (χ0v) is 20.6. The Hall–Kier alpha value is -3.04. The van der Waals surface area contributed by atoms with E-state index in [0.29, 0.717) is 30.7 Å². The SMILES string of the molecule is Cc1cc(C(=O)N(C)C)ccc1CCS(=O)(=O)N1CCC2(CC1)N=C(c1ccccc1)NC2=O. The molecule has 9 heteroatoms. The number of nitrogens with one attached hydrogen (secondary N) is 1. The summed E-state index contributed by atoms with van der Waals surface area (Å²) in [5, 5.41) is 2.87. The van der Waals surface area contributed by atoms with E-state index in [2.05, 4.69) is 5.32 Å². The van der Waals surface area contributed by atoms with Gasteiger partial charge in [0.2, 0.25) is 10.0 Å². The number of hydrogen-bond acceptors (Lipinski definition) is 5. The first-order chi connectivity index (χ1) is 16.1. The van der Waals surface area contributed by atoms with Crippen molar-refractivity contribution in [3.8, 4) is 0 Å². The number of aliphatic imine (C=N–C) groups is 1. The monoisotopic (exact) mass is 482 g/mol. The fourth-order valence-corrected chi connectivity index (χ4v) is 5.93. The Morgan fingerprint density at radius 1 is 1.12 bits per heavy atom. The third-order valence-corrected chi connectivity index (χ3v) is 8.47. The Morgan fingerprint density at radius 3 is 2.41 bits per heavy atom. The molecule has 2 heterocycles. The summed E-state index contributed by atoms with van der Waals surface area (Å²) < 4.78 is 27.5. The van der Waals surface area contributed by atoms with E-state index in [4.69, 9.17) is 4.99 Å². The number of carbonyl (C=O) groups excluding carboxylic acids is 2. The van der Waals surface area contributed by atoms with E-state index >= 15 is 0 Å². The number of carbonyl (C=O) groups is 2. The molecule has 1 saturated heterocycles. The highest BCUT2D eigenvalue weighted by molar-refractivity contribution is 7.89. The van der Waals surface area contributed by atoms with Crippen LogP contribution in [0.5, 0.6) is 0 Å². The van der Waals surface area contributed by atoms with E-state index in [1.165, 1.54) is 9.21 Å². The average Bonchev–Trinajstić information content (AvgIpc) is 3.14. The van der Waals surface area contributed by atoms with Crippen LogP contribution in [0, 0.1) is 6.92 Å². The maximum Gasteiger partial charge on any atom is 0.253 e. The minimum Gasteiger partial charge on any atom is -0.345 e. The van der Waals surface area contributed by atoms with E-state index < -0.39 is 15.6 Å². The summed E-state index contributed by atoms with van der Waals surface area (Å²) in [6, 6.07) is 14.8.